The van der Waals surface area contributed by atoms with Crippen molar-refractivity contribution in [2.24, 2.45) is 11.3 Å². The van der Waals surface area contributed by atoms with Gasteiger partial charge in [0.25, 0.3) is 0 Å². The first-order valence-corrected chi connectivity index (χ1v) is 13.7. The summed E-state index contributed by atoms with van der Waals surface area (Å²) in [6.07, 6.45) is 7.62. The van der Waals surface area contributed by atoms with Crippen LogP contribution in [0, 0.1) is 11.3 Å². The van der Waals surface area contributed by atoms with E-state index >= 15 is 0 Å². The minimum atomic E-state index is -0.515. The number of rotatable bonds is 8. The van der Waals surface area contributed by atoms with Crippen molar-refractivity contribution in [3.63, 3.8) is 0 Å². The lowest BCUT2D eigenvalue weighted by Gasteiger charge is -2.40. The van der Waals surface area contributed by atoms with E-state index in [1.54, 1.807) is 11.9 Å². The molecule has 1 aliphatic heterocycles. The van der Waals surface area contributed by atoms with Gasteiger partial charge in [0.1, 0.15) is 11.8 Å². The molecule has 37 heavy (non-hydrogen) atoms. The van der Waals surface area contributed by atoms with Crippen molar-refractivity contribution in [2.75, 3.05) is 40.9 Å². The maximum absolute atomic E-state index is 12.6. The van der Waals surface area contributed by atoms with Crippen LogP contribution in [0.25, 0.3) is 0 Å². The van der Waals surface area contributed by atoms with E-state index in [0.717, 1.165) is 56.4 Å². The lowest BCUT2D eigenvalue weighted by Crippen LogP contribution is -2.38. The van der Waals surface area contributed by atoms with Crippen LogP contribution in [0.4, 0.5) is 4.79 Å². The maximum atomic E-state index is 12.6. The Bertz CT molecular complexity index is 916. The quantitative estimate of drug-likeness (QED) is 0.448. The highest BCUT2D eigenvalue weighted by Gasteiger charge is 2.43. The number of amides is 1. The first-order valence-electron chi connectivity index (χ1n) is 13.7. The second kappa shape index (κ2) is 12.2. The zero-order chi connectivity index (χ0) is 27.4. The fourth-order valence-corrected chi connectivity index (χ4v) is 5.36. The molecular formula is C28H48N4O5. The number of esters is 1. The van der Waals surface area contributed by atoms with Gasteiger partial charge in [0.05, 0.1) is 18.7 Å². The number of nitrogens with zero attached hydrogens (tertiary/aromatic N) is 4. The number of likely N-dealkylation sites (N-methyl/N-ethyl adjacent to an activating group) is 2. The van der Waals surface area contributed by atoms with Crippen molar-refractivity contribution < 1.29 is 23.8 Å². The van der Waals surface area contributed by atoms with Crippen LogP contribution >= 0.6 is 0 Å². The highest BCUT2D eigenvalue weighted by molar-refractivity contribution is 5.73. The number of ether oxygens (including phenoxy) is 3. The largest absolute Gasteiger partial charge is 0.469 e. The SMILES string of the molecule is COC(=O)[C@@H]1CC(c2nn(C3CCCCO3)cc2CN(C)CCN(C)C(=O)OC(C)(C)C)CCC1(C)C. The van der Waals surface area contributed by atoms with Crippen LogP contribution in [0.5, 0.6) is 0 Å². The molecule has 0 aromatic carbocycles. The Morgan fingerprint density at radius 2 is 1.92 bits per heavy atom. The number of methoxy groups -OCH3 is 1. The molecule has 1 aromatic rings. The first kappa shape index (κ1) is 29.4. The van der Waals surface area contributed by atoms with Crippen LogP contribution in [0.15, 0.2) is 6.20 Å². The molecule has 210 valence electrons. The van der Waals surface area contributed by atoms with Gasteiger partial charge in [-0.25, -0.2) is 9.48 Å². The van der Waals surface area contributed by atoms with Gasteiger partial charge in [0, 0.05) is 51.0 Å². The van der Waals surface area contributed by atoms with E-state index in [2.05, 4.69) is 32.0 Å². The molecule has 0 spiro atoms. The molecule has 3 atom stereocenters. The van der Waals surface area contributed by atoms with Crippen molar-refractivity contribution in [3.05, 3.63) is 17.5 Å². The number of aromatic nitrogens is 2. The van der Waals surface area contributed by atoms with Gasteiger partial charge >= 0.3 is 12.1 Å². The lowest BCUT2D eigenvalue weighted by molar-refractivity contribution is -0.151. The number of carbonyl (C=O) groups excluding carboxylic acids is 2. The fraction of sp³-hybridized carbons (Fsp3) is 0.821. The second-order valence-electron chi connectivity index (χ2n) is 12.5. The predicted molar refractivity (Wildman–Crippen MR) is 142 cm³/mol. The summed E-state index contributed by atoms with van der Waals surface area (Å²) in [5.41, 5.74) is 1.61. The highest BCUT2D eigenvalue weighted by atomic mass is 16.6. The molecule has 0 bridgehead atoms. The van der Waals surface area contributed by atoms with Crippen molar-refractivity contribution in [1.82, 2.24) is 19.6 Å². The second-order valence-corrected chi connectivity index (χ2v) is 12.5. The molecule has 2 heterocycles. The van der Waals surface area contributed by atoms with Crippen LogP contribution in [0.2, 0.25) is 0 Å². The lowest BCUT2D eigenvalue weighted by atomic mass is 9.64. The molecule has 1 saturated carbocycles. The molecule has 0 N–H and O–H groups in total. The Morgan fingerprint density at radius 3 is 2.54 bits per heavy atom. The van der Waals surface area contributed by atoms with Crippen molar-refractivity contribution in [3.8, 4) is 0 Å². The summed E-state index contributed by atoms with van der Waals surface area (Å²) < 4.78 is 18.7. The third-order valence-corrected chi connectivity index (χ3v) is 7.73. The van der Waals surface area contributed by atoms with Gasteiger partial charge in [-0.3, -0.25) is 4.79 Å². The highest BCUT2D eigenvalue weighted by Crippen LogP contribution is 2.47. The molecule has 9 nitrogen and oxygen atoms in total. The Morgan fingerprint density at radius 1 is 1.19 bits per heavy atom. The summed E-state index contributed by atoms with van der Waals surface area (Å²) >= 11 is 0. The molecule has 2 fully saturated rings. The zero-order valence-electron chi connectivity index (χ0n) is 24.2. The third-order valence-electron chi connectivity index (χ3n) is 7.73. The van der Waals surface area contributed by atoms with E-state index in [-0.39, 0.29) is 35.5 Å². The Balaban J connectivity index is 1.75. The molecular weight excluding hydrogens is 472 g/mol. The topological polar surface area (TPSA) is 86.1 Å². The Kier molecular flexibility index (Phi) is 9.67. The number of hydrogen-bond donors (Lipinski definition) is 0. The maximum Gasteiger partial charge on any atom is 0.410 e. The molecule has 3 rings (SSSR count). The summed E-state index contributed by atoms with van der Waals surface area (Å²) in [6, 6.07) is 0. The first-order chi connectivity index (χ1) is 17.3. The van der Waals surface area contributed by atoms with E-state index in [1.807, 2.05) is 25.5 Å². The summed E-state index contributed by atoms with van der Waals surface area (Å²) in [4.78, 5) is 28.8. The average molecular weight is 521 g/mol. The molecule has 2 unspecified atom stereocenters. The van der Waals surface area contributed by atoms with Crippen LogP contribution in [-0.2, 0) is 25.5 Å². The summed E-state index contributed by atoms with van der Waals surface area (Å²) in [7, 11) is 5.30. The number of hydrogen-bond acceptors (Lipinski definition) is 7. The molecule has 1 amide bonds. The van der Waals surface area contributed by atoms with Crippen molar-refractivity contribution in [1.29, 1.82) is 0 Å². The standard InChI is InChI=1S/C28H48N4O5/c1-27(2,3)37-26(34)31(7)15-14-30(6)18-21-19-32(23-11-9-10-16-36-23)29-24(21)20-12-13-28(4,5)22(17-20)25(33)35-8/h19-20,22-23H,9-18H2,1-8H3/t20?,22-,23?/m0/s1. The van der Waals surface area contributed by atoms with Gasteiger partial charge in [-0.2, -0.15) is 5.10 Å². The van der Waals surface area contributed by atoms with Gasteiger partial charge in [-0.05, 0) is 71.8 Å². The molecule has 2 aliphatic rings. The minimum Gasteiger partial charge on any atom is -0.469 e. The average Bonchev–Trinajstić information content (AvgIpc) is 3.25. The fourth-order valence-electron chi connectivity index (χ4n) is 5.36. The van der Waals surface area contributed by atoms with E-state index in [0.29, 0.717) is 19.6 Å². The summed E-state index contributed by atoms with van der Waals surface area (Å²) in [5, 5.41) is 5.07. The van der Waals surface area contributed by atoms with E-state index in [1.165, 1.54) is 7.11 Å². The van der Waals surface area contributed by atoms with Gasteiger partial charge in [-0.1, -0.05) is 13.8 Å². The summed E-state index contributed by atoms with van der Waals surface area (Å²) in [6.45, 7) is 12.7. The molecule has 0 radical (unpaired) electrons. The van der Waals surface area contributed by atoms with Crippen LogP contribution in [-0.4, -0.2) is 78.1 Å². The zero-order valence-corrected chi connectivity index (χ0v) is 24.2. The van der Waals surface area contributed by atoms with Crippen LogP contribution < -0.4 is 0 Å². The van der Waals surface area contributed by atoms with Crippen LogP contribution in [0.3, 0.4) is 0 Å². The molecule has 9 heteroatoms. The van der Waals surface area contributed by atoms with Crippen molar-refractivity contribution in [2.45, 2.75) is 97.4 Å². The molecule has 1 aliphatic carbocycles. The minimum absolute atomic E-state index is 0.0405. The van der Waals surface area contributed by atoms with E-state index in [9.17, 15) is 9.59 Å². The van der Waals surface area contributed by atoms with Gasteiger partial charge in [0.15, 0.2) is 0 Å². The Labute approximate surface area is 222 Å². The monoisotopic (exact) mass is 520 g/mol. The Hall–Kier alpha value is -2.13. The van der Waals surface area contributed by atoms with Crippen molar-refractivity contribution >= 4 is 12.1 Å². The normalized spacial score (nSPS) is 24.1. The predicted octanol–water partition coefficient (Wildman–Crippen LogP) is 4.96. The smallest absolute Gasteiger partial charge is 0.410 e. The van der Waals surface area contributed by atoms with Gasteiger partial charge in [0.2, 0.25) is 0 Å². The summed E-state index contributed by atoms with van der Waals surface area (Å²) in [5.74, 6) is -0.0937. The number of carbonyl (C=O) groups is 2. The van der Waals surface area contributed by atoms with E-state index < -0.39 is 5.60 Å². The molecule has 1 aromatic heterocycles. The van der Waals surface area contributed by atoms with Crippen LogP contribution in [0.1, 0.15) is 96.5 Å². The van der Waals surface area contributed by atoms with Gasteiger partial charge in [-0.15, -0.1) is 0 Å². The van der Waals surface area contributed by atoms with Gasteiger partial charge < -0.3 is 24.0 Å². The molecule has 1 saturated heterocycles. The third kappa shape index (κ3) is 7.93. The van der Waals surface area contributed by atoms with E-state index in [4.69, 9.17) is 19.3 Å².